The Balaban J connectivity index is 1.95. The maximum absolute atomic E-state index is 12.0. The topological polar surface area (TPSA) is 62.9 Å². The number of nitrogens with zero attached hydrogens (tertiary/aromatic N) is 1. The van der Waals surface area contributed by atoms with Crippen LogP contribution in [0.15, 0.2) is 28.7 Å². The van der Waals surface area contributed by atoms with Crippen LogP contribution in [-0.2, 0) is 4.74 Å². The van der Waals surface area contributed by atoms with E-state index >= 15 is 0 Å². The van der Waals surface area contributed by atoms with E-state index in [1.807, 2.05) is 45.0 Å². The van der Waals surface area contributed by atoms with Gasteiger partial charge in [0.1, 0.15) is 11.3 Å². The number of hydrogen-bond acceptors (Lipinski definition) is 4. The van der Waals surface area contributed by atoms with Crippen LogP contribution in [-0.4, -0.2) is 28.2 Å². The molecule has 1 N–H and O–H groups in total. The summed E-state index contributed by atoms with van der Waals surface area (Å²) in [4.78, 5) is 13.7. The van der Waals surface area contributed by atoms with E-state index in [1.54, 1.807) is 11.8 Å². The predicted molar refractivity (Wildman–Crippen MR) is 82.5 cm³/mol. The molecule has 0 saturated carbocycles. The summed E-state index contributed by atoms with van der Waals surface area (Å²) in [5.41, 5.74) is 1.10. The molecule has 1 aliphatic rings. The van der Waals surface area contributed by atoms with Crippen molar-refractivity contribution in [3.05, 3.63) is 35.6 Å². The van der Waals surface area contributed by atoms with Gasteiger partial charge in [-0.25, -0.2) is 4.79 Å². The smallest absolute Gasteiger partial charge is 0.411 e. The number of aliphatic hydroxyl groups is 1. The van der Waals surface area contributed by atoms with E-state index in [0.29, 0.717) is 17.9 Å². The lowest BCUT2D eigenvalue weighted by Crippen LogP contribution is -2.41. The van der Waals surface area contributed by atoms with Gasteiger partial charge >= 0.3 is 6.09 Å². The zero-order valence-corrected chi connectivity index (χ0v) is 13.3. The highest BCUT2D eigenvalue weighted by Gasteiger charge is 2.40. The quantitative estimate of drug-likeness (QED) is 0.917. The van der Waals surface area contributed by atoms with Gasteiger partial charge in [0.05, 0.1) is 12.6 Å². The molecule has 2 heterocycles. The van der Waals surface area contributed by atoms with Gasteiger partial charge in [0, 0.05) is 16.5 Å². The molecule has 3 rings (SSSR count). The Morgan fingerprint density at radius 3 is 2.68 bits per heavy atom. The second kappa shape index (κ2) is 5.02. The molecule has 0 unspecified atom stereocenters. The van der Waals surface area contributed by atoms with Crippen LogP contribution in [0.5, 0.6) is 0 Å². The first-order chi connectivity index (χ1) is 10.3. The molecule has 5 heteroatoms. The van der Waals surface area contributed by atoms with Gasteiger partial charge in [-0.1, -0.05) is 18.2 Å². The number of ether oxygens (including phenoxy) is 1. The number of rotatable bonds is 2. The highest BCUT2D eigenvalue weighted by Crippen LogP contribution is 2.35. The molecule has 0 radical (unpaired) electrons. The van der Waals surface area contributed by atoms with Gasteiger partial charge in [-0.15, -0.1) is 0 Å². The van der Waals surface area contributed by atoms with Crippen LogP contribution >= 0.6 is 0 Å². The molecule has 1 fully saturated rings. The van der Waals surface area contributed by atoms with Crippen molar-refractivity contribution in [1.29, 1.82) is 0 Å². The monoisotopic (exact) mass is 303 g/mol. The molecule has 118 valence electrons. The molecule has 2 aromatic rings. The summed E-state index contributed by atoms with van der Waals surface area (Å²) in [5, 5.41) is 10.7. The molecular weight excluding hydrogens is 282 g/mol. The number of aliphatic hydroxyl groups excluding tert-OH is 1. The molecule has 1 saturated heterocycles. The molecule has 1 aromatic heterocycles. The van der Waals surface area contributed by atoms with Crippen molar-refractivity contribution in [3.8, 4) is 0 Å². The van der Waals surface area contributed by atoms with Crippen LogP contribution in [0.4, 0.5) is 4.79 Å². The molecule has 1 aromatic carbocycles. The molecule has 1 amide bonds. The minimum absolute atomic E-state index is 0.289. The Bertz CT molecular complexity index is 711. The lowest BCUT2D eigenvalue weighted by atomic mass is 10.1. The fraction of sp³-hybridized carbons (Fsp3) is 0.471. The van der Waals surface area contributed by atoms with Crippen molar-refractivity contribution in [3.63, 3.8) is 0 Å². The third-order valence-corrected chi connectivity index (χ3v) is 3.98. The van der Waals surface area contributed by atoms with Crippen LogP contribution in [0.1, 0.15) is 51.2 Å². The number of carbonyl (C=O) groups is 1. The highest BCUT2D eigenvalue weighted by molar-refractivity contribution is 5.82. The summed E-state index contributed by atoms with van der Waals surface area (Å²) >= 11 is 0. The normalized spacial score (nSPS) is 20.5. The third-order valence-electron chi connectivity index (χ3n) is 3.98. The van der Waals surface area contributed by atoms with Crippen molar-refractivity contribution in [1.82, 2.24) is 4.90 Å². The Morgan fingerprint density at radius 2 is 2.09 bits per heavy atom. The molecule has 1 aliphatic heterocycles. The minimum atomic E-state index is -0.611. The van der Waals surface area contributed by atoms with Crippen molar-refractivity contribution < 1.29 is 19.1 Å². The number of carbonyl (C=O) groups excluding carboxylic acids is 1. The van der Waals surface area contributed by atoms with E-state index in [9.17, 15) is 9.90 Å². The van der Waals surface area contributed by atoms with Crippen molar-refractivity contribution in [2.24, 2.45) is 0 Å². The number of furan rings is 1. The van der Waals surface area contributed by atoms with Crippen LogP contribution in [0.3, 0.4) is 0 Å². The summed E-state index contributed by atoms with van der Waals surface area (Å²) in [6, 6.07) is 7.52. The number of hydrogen-bond donors (Lipinski definition) is 1. The fourth-order valence-corrected chi connectivity index (χ4v) is 2.75. The zero-order chi connectivity index (χ0) is 16.1. The summed E-state index contributed by atoms with van der Waals surface area (Å²) in [6.07, 6.45) is -1.35. The lowest BCUT2D eigenvalue weighted by molar-refractivity contribution is 0.114. The SMILES string of the molecule is C[C@@H](O)c1cccc2cc([C@@H]3CN(C(C)(C)C)C(=O)O3)oc12. The molecule has 0 spiro atoms. The van der Waals surface area contributed by atoms with Crippen molar-refractivity contribution in [2.45, 2.75) is 45.4 Å². The average molecular weight is 303 g/mol. The number of fused-ring (bicyclic) bond motifs is 1. The van der Waals surface area contributed by atoms with Crippen LogP contribution in [0.25, 0.3) is 11.0 Å². The summed E-state index contributed by atoms with van der Waals surface area (Å²) in [6.45, 7) is 8.09. The van der Waals surface area contributed by atoms with Gasteiger partial charge < -0.3 is 14.3 Å². The first-order valence-electron chi connectivity index (χ1n) is 7.46. The highest BCUT2D eigenvalue weighted by atomic mass is 16.6. The Labute approximate surface area is 129 Å². The number of benzene rings is 1. The first-order valence-corrected chi connectivity index (χ1v) is 7.46. The van der Waals surface area contributed by atoms with Crippen LogP contribution in [0, 0.1) is 0 Å². The number of amides is 1. The summed E-state index contributed by atoms with van der Waals surface area (Å²) in [7, 11) is 0. The van der Waals surface area contributed by atoms with Crippen molar-refractivity contribution in [2.75, 3.05) is 6.54 Å². The van der Waals surface area contributed by atoms with Gasteiger partial charge in [-0.3, -0.25) is 4.90 Å². The Kier molecular flexibility index (Phi) is 3.40. The fourth-order valence-electron chi connectivity index (χ4n) is 2.75. The molecule has 5 nitrogen and oxygen atoms in total. The molecule has 2 atom stereocenters. The number of para-hydroxylation sites is 1. The molecular formula is C17H21NO4. The molecule has 0 bridgehead atoms. The van der Waals surface area contributed by atoms with Crippen LogP contribution in [0.2, 0.25) is 0 Å². The van der Waals surface area contributed by atoms with Gasteiger partial charge in [0.2, 0.25) is 0 Å². The largest absolute Gasteiger partial charge is 0.457 e. The van der Waals surface area contributed by atoms with Gasteiger partial charge in [0.15, 0.2) is 6.10 Å². The second-order valence-electron chi connectivity index (χ2n) is 6.74. The minimum Gasteiger partial charge on any atom is -0.457 e. The van der Waals surface area contributed by atoms with Crippen molar-refractivity contribution >= 4 is 17.1 Å². The third kappa shape index (κ3) is 2.46. The zero-order valence-electron chi connectivity index (χ0n) is 13.3. The van der Waals surface area contributed by atoms with E-state index in [0.717, 1.165) is 10.9 Å². The maximum atomic E-state index is 12.0. The first kappa shape index (κ1) is 14.9. The van der Waals surface area contributed by atoms with E-state index in [-0.39, 0.29) is 11.6 Å². The van der Waals surface area contributed by atoms with E-state index in [1.165, 1.54) is 0 Å². The van der Waals surface area contributed by atoms with Crippen LogP contribution < -0.4 is 0 Å². The molecule has 22 heavy (non-hydrogen) atoms. The second-order valence-corrected chi connectivity index (χ2v) is 6.74. The van der Waals surface area contributed by atoms with E-state index < -0.39 is 12.2 Å². The van der Waals surface area contributed by atoms with Gasteiger partial charge in [0.25, 0.3) is 0 Å². The Morgan fingerprint density at radius 1 is 1.36 bits per heavy atom. The Hall–Kier alpha value is -2.01. The summed E-state index contributed by atoms with van der Waals surface area (Å²) < 4.78 is 11.3. The molecule has 0 aliphatic carbocycles. The maximum Gasteiger partial charge on any atom is 0.411 e. The summed E-state index contributed by atoms with van der Waals surface area (Å²) in [5.74, 6) is 0.614. The van der Waals surface area contributed by atoms with E-state index in [2.05, 4.69) is 0 Å². The predicted octanol–water partition coefficient (Wildman–Crippen LogP) is 3.78. The van der Waals surface area contributed by atoms with Gasteiger partial charge in [-0.05, 0) is 33.8 Å². The number of cyclic esters (lactones) is 1. The van der Waals surface area contributed by atoms with Gasteiger partial charge in [-0.2, -0.15) is 0 Å². The average Bonchev–Trinajstić information content (AvgIpc) is 3.00. The lowest BCUT2D eigenvalue weighted by Gasteiger charge is -2.28. The van der Waals surface area contributed by atoms with E-state index in [4.69, 9.17) is 9.15 Å². The standard InChI is InChI=1S/C17H21NO4/c1-10(19)12-7-5-6-11-8-13(21-15(11)12)14-9-18(16(20)22-14)17(2,3)4/h5-8,10,14,19H,9H2,1-4H3/t10-,14+/m1/s1.